The van der Waals surface area contributed by atoms with Gasteiger partial charge in [-0.2, -0.15) is 5.10 Å². The van der Waals surface area contributed by atoms with E-state index >= 15 is 0 Å². The van der Waals surface area contributed by atoms with Crippen LogP contribution in [0.5, 0.6) is 0 Å². The van der Waals surface area contributed by atoms with Gasteiger partial charge in [-0.3, -0.25) is 9.89 Å². The van der Waals surface area contributed by atoms with Gasteiger partial charge in [0.25, 0.3) is 5.91 Å². The monoisotopic (exact) mass is 290 g/mol. The number of rotatable bonds is 6. The first-order valence-corrected chi connectivity index (χ1v) is 8.37. The summed E-state index contributed by atoms with van der Waals surface area (Å²) >= 11 is 0. The molecule has 3 N–H and O–H groups in total. The lowest BCUT2D eigenvalue weighted by Crippen LogP contribution is -2.43. The molecule has 0 aromatic carbocycles. The van der Waals surface area contributed by atoms with Gasteiger partial charge in [-0.1, -0.05) is 26.2 Å². The number of carbonyl (C=O) groups excluding carboxylic acids is 1. The van der Waals surface area contributed by atoms with Crippen LogP contribution in [0.4, 0.5) is 0 Å². The summed E-state index contributed by atoms with van der Waals surface area (Å²) in [6.45, 7) is 3.91. The fourth-order valence-electron chi connectivity index (χ4n) is 3.34. The Morgan fingerprint density at radius 3 is 3.05 bits per heavy atom. The van der Waals surface area contributed by atoms with E-state index in [-0.39, 0.29) is 5.91 Å². The predicted molar refractivity (Wildman–Crippen MR) is 82.1 cm³/mol. The summed E-state index contributed by atoms with van der Waals surface area (Å²) in [7, 11) is 0. The summed E-state index contributed by atoms with van der Waals surface area (Å²) in [6.07, 6.45) is 8.21. The molecule has 0 saturated heterocycles. The summed E-state index contributed by atoms with van der Waals surface area (Å²) < 4.78 is 0. The Balaban J connectivity index is 1.67. The number of aromatic amines is 1. The largest absolute Gasteiger partial charge is 0.348 e. The zero-order valence-electron chi connectivity index (χ0n) is 12.9. The van der Waals surface area contributed by atoms with E-state index in [1.165, 1.54) is 32.1 Å². The Hall–Kier alpha value is -1.36. The number of aromatic nitrogens is 2. The first-order chi connectivity index (χ1) is 10.3. The third-order valence-corrected chi connectivity index (χ3v) is 4.93. The van der Waals surface area contributed by atoms with Gasteiger partial charge in [0, 0.05) is 36.8 Å². The van der Waals surface area contributed by atoms with Crippen molar-refractivity contribution in [2.75, 3.05) is 6.54 Å². The van der Waals surface area contributed by atoms with Crippen molar-refractivity contribution in [3.05, 3.63) is 17.0 Å². The smallest absolute Gasteiger partial charge is 0.272 e. The molecular weight excluding hydrogens is 264 g/mol. The zero-order chi connectivity index (χ0) is 14.7. The highest BCUT2D eigenvalue weighted by atomic mass is 16.2. The van der Waals surface area contributed by atoms with Crippen molar-refractivity contribution in [3.63, 3.8) is 0 Å². The molecule has 3 rings (SSSR count). The van der Waals surface area contributed by atoms with E-state index < -0.39 is 0 Å². The highest BCUT2D eigenvalue weighted by molar-refractivity contribution is 5.94. The van der Waals surface area contributed by atoms with Crippen molar-refractivity contribution in [1.82, 2.24) is 20.8 Å². The first kappa shape index (κ1) is 14.6. The molecule has 1 aliphatic heterocycles. The molecule has 2 aliphatic rings. The summed E-state index contributed by atoms with van der Waals surface area (Å²) in [5, 5.41) is 13.9. The molecule has 1 atom stereocenters. The Morgan fingerprint density at radius 2 is 2.33 bits per heavy atom. The molecule has 1 aliphatic carbocycles. The SMILES string of the molecule is CCCCC(NC(=O)c1n[nH]c2c1CNCC2)C1CCC1. The zero-order valence-corrected chi connectivity index (χ0v) is 12.9. The fraction of sp³-hybridized carbons (Fsp3) is 0.750. The minimum atomic E-state index is 0.00389. The molecule has 5 nitrogen and oxygen atoms in total. The Morgan fingerprint density at radius 1 is 1.48 bits per heavy atom. The average molecular weight is 290 g/mol. The Labute approximate surface area is 126 Å². The van der Waals surface area contributed by atoms with E-state index in [2.05, 4.69) is 27.8 Å². The van der Waals surface area contributed by atoms with Crippen molar-refractivity contribution in [3.8, 4) is 0 Å². The predicted octanol–water partition coefficient (Wildman–Crippen LogP) is 2.14. The minimum absolute atomic E-state index is 0.00389. The van der Waals surface area contributed by atoms with Gasteiger partial charge in [0.2, 0.25) is 0 Å². The van der Waals surface area contributed by atoms with Gasteiger partial charge in [-0.05, 0) is 25.2 Å². The van der Waals surface area contributed by atoms with Crippen LogP contribution in [0.3, 0.4) is 0 Å². The molecule has 1 fully saturated rings. The summed E-state index contributed by atoms with van der Waals surface area (Å²) in [6, 6.07) is 0.329. The maximum atomic E-state index is 12.6. The molecule has 5 heteroatoms. The standard InChI is InChI=1S/C16H26N4O/c1-2-3-7-13(11-5-4-6-11)18-16(21)15-12-10-17-9-8-14(12)19-20-15/h11,13,17H,2-10H2,1H3,(H,18,21)(H,19,20). The fourth-order valence-corrected chi connectivity index (χ4v) is 3.34. The molecule has 0 spiro atoms. The molecule has 0 radical (unpaired) electrons. The van der Waals surface area contributed by atoms with Gasteiger partial charge >= 0.3 is 0 Å². The van der Waals surface area contributed by atoms with Crippen LogP contribution in [0.1, 0.15) is 67.2 Å². The van der Waals surface area contributed by atoms with Crippen LogP contribution in [0.15, 0.2) is 0 Å². The van der Waals surface area contributed by atoms with Crippen molar-refractivity contribution < 1.29 is 4.79 Å². The quantitative estimate of drug-likeness (QED) is 0.752. The highest BCUT2D eigenvalue weighted by Crippen LogP contribution is 2.32. The second-order valence-corrected chi connectivity index (χ2v) is 6.37. The molecular formula is C16H26N4O. The molecule has 1 amide bonds. The van der Waals surface area contributed by atoms with Gasteiger partial charge in [-0.15, -0.1) is 0 Å². The highest BCUT2D eigenvalue weighted by Gasteiger charge is 2.30. The Kier molecular flexibility index (Phi) is 4.58. The number of nitrogens with one attached hydrogen (secondary N) is 3. The van der Waals surface area contributed by atoms with Crippen LogP contribution < -0.4 is 10.6 Å². The number of H-pyrrole nitrogens is 1. The number of nitrogens with zero attached hydrogens (tertiary/aromatic N) is 1. The topological polar surface area (TPSA) is 69.8 Å². The third kappa shape index (κ3) is 3.12. The van der Waals surface area contributed by atoms with Crippen LogP contribution in [0, 0.1) is 5.92 Å². The molecule has 1 saturated carbocycles. The number of hydrogen-bond donors (Lipinski definition) is 3. The summed E-state index contributed by atoms with van der Waals surface area (Å²) in [4.78, 5) is 12.6. The van der Waals surface area contributed by atoms with Gasteiger partial charge in [0.15, 0.2) is 5.69 Å². The van der Waals surface area contributed by atoms with E-state index in [9.17, 15) is 4.79 Å². The minimum Gasteiger partial charge on any atom is -0.348 e. The van der Waals surface area contributed by atoms with Crippen LogP contribution in [-0.4, -0.2) is 28.7 Å². The van der Waals surface area contributed by atoms with Crippen LogP contribution in [-0.2, 0) is 13.0 Å². The van der Waals surface area contributed by atoms with E-state index in [4.69, 9.17) is 0 Å². The first-order valence-electron chi connectivity index (χ1n) is 8.37. The molecule has 1 aromatic heterocycles. The lowest BCUT2D eigenvalue weighted by atomic mass is 9.78. The van der Waals surface area contributed by atoms with Crippen molar-refractivity contribution >= 4 is 5.91 Å². The third-order valence-electron chi connectivity index (χ3n) is 4.93. The number of fused-ring (bicyclic) bond motifs is 1. The number of hydrogen-bond acceptors (Lipinski definition) is 3. The lowest BCUT2D eigenvalue weighted by Gasteiger charge is -2.34. The number of unbranched alkanes of at least 4 members (excludes halogenated alkanes) is 1. The molecule has 0 bridgehead atoms. The second-order valence-electron chi connectivity index (χ2n) is 6.37. The van der Waals surface area contributed by atoms with Crippen LogP contribution >= 0.6 is 0 Å². The molecule has 2 heterocycles. The van der Waals surface area contributed by atoms with E-state index in [0.717, 1.165) is 37.2 Å². The Bertz CT molecular complexity index is 492. The molecule has 1 aromatic rings. The van der Waals surface area contributed by atoms with Crippen molar-refractivity contribution in [2.24, 2.45) is 5.92 Å². The van der Waals surface area contributed by atoms with Crippen molar-refractivity contribution in [2.45, 2.75) is 64.5 Å². The summed E-state index contributed by atoms with van der Waals surface area (Å²) in [5.74, 6) is 0.678. The lowest BCUT2D eigenvalue weighted by molar-refractivity contribution is 0.0888. The molecule has 1 unspecified atom stereocenters. The van der Waals surface area contributed by atoms with Gasteiger partial charge in [0.05, 0.1) is 0 Å². The van der Waals surface area contributed by atoms with Crippen LogP contribution in [0.25, 0.3) is 0 Å². The molecule has 116 valence electrons. The average Bonchev–Trinajstić information content (AvgIpc) is 2.86. The van der Waals surface area contributed by atoms with Crippen LogP contribution in [0.2, 0.25) is 0 Å². The molecule has 21 heavy (non-hydrogen) atoms. The maximum Gasteiger partial charge on any atom is 0.272 e. The normalized spacial score (nSPS) is 19.7. The number of amides is 1. The maximum absolute atomic E-state index is 12.6. The second kappa shape index (κ2) is 6.60. The van der Waals surface area contributed by atoms with E-state index in [0.29, 0.717) is 17.7 Å². The summed E-state index contributed by atoms with van der Waals surface area (Å²) in [5.41, 5.74) is 2.77. The number of carbonyl (C=O) groups is 1. The van der Waals surface area contributed by atoms with Gasteiger partial charge in [0.1, 0.15) is 0 Å². The van der Waals surface area contributed by atoms with E-state index in [1.54, 1.807) is 0 Å². The van der Waals surface area contributed by atoms with Gasteiger partial charge in [-0.25, -0.2) is 0 Å². The van der Waals surface area contributed by atoms with E-state index in [1.807, 2.05) is 0 Å². The van der Waals surface area contributed by atoms with Crippen molar-refractivity contribution in [1.29, 1.82) is 0 Å². The van der Waals surface area contributed by atoms with Gasteiger partial charge < -0.3 is 10.6 Å².